The highest BCUT2D eigenvalue weighted by Gasteiger charge is 2.42. The number of rotatable bonds is 10. The number of hydrogen-bond donors (Lipinski definition) is 4. The molecule has 1 unspecified atom stereocenters. The van der Waals surface area contributed by atoms with Crippen LogP contribution in [0.2, 0.25) is 0 Å². The van der Waals surface area contributed by atoms with Crippen LogP contribution in [0.1, 0.15) is 118 Å². The molecule has 14 heteroatoms. The average Bonchev–Trinajstić information content (AvgIpc) is 3.80. The van der Waals surface area contributed by atoms with Crippen molar-refractivity contribution in [3.05, 3.63) is 107 Å². The summed E-state index contributed by atoms with van der Waals surface area (Å²) in [6.45, 7) is 8.90. The van der Waals surface area contributed by atoms with Crippen LogP contribution in [-0.2, 0) is 31.9 Å². The summed E-state index contributed by atoms with van der Waals surface area (Å²) in [6.07, 6.45) is 4.88. The van der Waals surface area contributed by atoms with Crippen LogP contribution in [0.25, 0.3) is 44.3 Å². The maximum Gasteiger partial charge on any atom is 0.407 e. The van der Waals surface area contributed by atoms with Gasteiger partial charge in [0.2, 0.25) is 11.8 Å². The minimum atomic E-state index is -0.691. The fourth-order valence-corrected chi connectivity index (χ4v) is 10.9. The number of alkyl carbamates (subject to hydrolysis) is 2. The van der Waals surface area contributed by atoms with E-state index in [0.717, 1.165) is 89.8 Å². The Balaban J connectivity index is 0.898. The second-order valence-corrected chi connectivity index (χ2v) is 19.6. The van der Waals surface area contributed by atoms with Gasteiger partial charge in [-0.15, -0.1) is 0 Å². The highest BCUT2D eigenvalue weighted by atomic mass is 16.5. The van der Waals surface area contributed by atoms with Gasteiger partial charge in [0.25, 0.3) is 0 Å². The topological polar surface area (TPSA) is 175 Å². The summed E-state index contributed by atoms with van der Waals surface area (Å²) >= 11 is 0. The quantitative estimate of drug-likeness (QED) is 0.105. The Labute approximate surface area is 390 Å². The molecule has 4 heterocycles. The molecule has 67 heavy (non-hydrogen) atoms. The molecule has 6 aromatic rings. The normalized spacial score (nSPS) is 20.8. The largest absolute Gasteiger partial charge is 0.453 e. The van der Waals surface area contributed by atoms with Gasteiger partial charge in [0, 0.05) is 13.1 Å². The van der Waals surface area contributed by atoms with E-state index in [1.807, 2.05) is 37.5 Å². The van der Waals surface area contributed by atoms with Gasteiger partial charge in [-0.25, -0.2) is 19.6 Å². The van der Waals surface area contributed by atoms with Gasteiger partial charge < -0.3 is 39.9 Å². The number of fused-ring (bicyclic) bond motifs is 2. The number of H-pyrrole nitrogens is 2. The molecule has 13 rings (SSSR count). The maximum atomic E-state index is 13.8. The van der Waals surface area contributed by atoms with Crippen molar-refractivity contribution in [2.45, 2.75) is 109 Å². The number of benzene rings is 4. The molecule has 2 saturated heterocycles. The lowest BCUT2D eigenvalue weighted by molar-refractivity contribution is -0.136. The number of hydrogen-bond acceptors (Lipinski definition) is 8. The van der Waals surface area contributed by atoms with Crippen molar-refractivity contribution in [2.24, 2.45) is 11.8 Å². The Morgan fingerprint density at radius 3 is 1.73 bits per heavy atom. The first-order chi connectivity index (χ1) is 32.4. The Morgan fingerprint density at radius 1 is 0.642 bits per heavy atom. The van der Waals surface area contributed by atoms with Gasteiger partial charge in [0.15, 0.2) is 0 Å². The summed E-state index contributed by atoms with van der Waals surface area (Å²) in [5.41, 5.74) is 13.7. The second-order valence-electron chi connectivity index (χ2n) is 19.6. The van der Waals surface area contributed by atoms with Gasteiger partial charge in [-0.1, -0.05) is 76.2 Å². The summed E-state index contributed by atoms with van der Waals surface area (Å²) in [5, 5.41) is 5.49. The summed E-state index contributed by atoms with van der Waals surface area (Å²) in [5.74, 6) is 1.85. The van der Waals surface area contributed by atoms with Gasteiger partial charge in [-0.3, -0.25) is 9.59 Å². The van der Waals surface area contributed by atoms with Crippen molar-refractivity contribution in [1.29, 1.82) is 0 Å². The van der Waals surface area contributed by atoms with Crippen LogP contribution in [0.15, 0.2) is 72.8 Å². The van der Waals surface area contributed by atoms with Gasteiger partial charge in [0.1, 0.15) is 23.7 Å². The summed E-state index contributed by atoms with van der Waals surface area (Å²) in [4.78, 5) is 72.9. The SMILES string of the molecule is COC(=O)N[C@H](C(=O)N1CCC[C@H]1c1nc2ccc(-c3cc4ccc3CCc3ccc(c(-c5ccc6nc([C@@H]7CCCN7C(=O)[C@@H](NC(=O)OC)C(C)C)[nH]c6c5)c3)[C@H]3CC43)cc2[nH]1)C(C)C. The Morgan fingerprint density at radius 2 is 1.19 bits per heavy atom. The van der Waals surface area contributed by atoms with E-state index >= 15 is 0 Å². The standard InChI is InChI=1S/C53H60N8O6/c1-28(2)46(58-52(64)66-5)50(62)60-21-7-9-44(60)48-54-40-19-16-33(25-42(40)56-48)36-24-32-15-14-31(36)13-11-30-12-18-35(39-27-38(32)39)37(23-30)34-17-20-41-43(26-34)57-49(55-41)45-10-8-22-61(45)51(63)47(29(3)4)59-53(65)67-6/h12,14-20,23-26,28-29,38-39,44-47H,7-11,13,21-22,27H2,1-6H3,(H,54,56)(H,55,57)(H,58,64)(H,59,65)/t38?,39-,44+,45+,46+,47+/m1/s1. The third-order valence-corrected chi connectivity index (χ3v) is 14.7. The van der Waals surface area contributed by atoms with Crippen molar-refractivity contribution in [3.8, 4) is 22.3 Å². The van der Waals surface area contributed by atoms with Crippen LogP contribution < -0.4 is 10.6 Å². The highest BCUT2D eigenvalue weighted by molar-refractivity contribution is 5.89. The third-order valence-electron chi connectivity index (χ3n) is 14.7. The lowest BCUT2D eigenvalue weighted by atomic mass is 9.87. The first kappa shape index (κ1) is 44.2. The van der Waals surface area contributed by atoms with Crippen LogP contribution in [0.5, 0.6) is 0 Å². The van der Waals surface area contributed by atoms with Gasteiger partial charge in [0.05, 0.1) is 48.4 Å². The molecule has 14 nitrogen and oxygen atoms in total. The Hall–Kier alpha value is -6.70. The zero-order valence-corrected chi connectivity index (χ0v) is 39.1. The van der Waals surface area contributed by atoms with E-state index in [4.69, 9.17) is 19.4 Å². The third kappa shape index (κ3) is 8.39. The number of aryl methyl sites for hydroxylation is 2. The predicted octanol–water partition coefficient (Wildman–Crippen LogP) is 9.23. The molecule has 5 aliphatic carbocycles. The van der Waals surface area contributed by atoms with Crippen LogP contribution in [-0.4, -0.2) is 93.1 Å². The molecule has 4 aromatic carbocycles. The van der Waals surface area contributed by atoms with Crippen molar-refractivity contribution in [2.75, 3.05) is 27.3 Å². The number of amides is 4. The molecule has 0 spiro atoms. The van der Waals surface area contributed by atoms with Crippen molar-refractivity contribution >= 4 is 46.1 Å². The first-order valence-corrected chi connectivity index (χ1v) is 23.9. The molecule has 4 N–H and O–H groups in total. The van der Waals surface area contributed by atoms with E-state index in [2.05, 4.69) is 93.4 Å². The first-order valence-electron chi connectivity index (χ1n) is 23.9. The van der Waals surface area contributed by atoms with E-state index in [-0.39, 0.29) is 35.7 Å². The molecule has 2 aromatic heterocycles. The second kappa shape index (κ2) is 17.8. The molecule has 4 amide bonds. The zero-order valence-electron chi connectivity index (χ0n) is 39.1. The minimum Gasteiger partial charge on any atom is -0.453 e. The number of aromatic amines is 2. The fourth-order valence-electron chi connectivity index (χ4n) is 10.9. The van der Waals surface area contributed by atoms with Crippen LogP contribution in [0, 0.1) is 11.8 Å². The van der Waals surface area contributed by atoms with Crippen molar-refractivity contribution < 1.29 is 28.7 Å². The number of methoxy groups -OCH3 is 2. The summed E-state index contributed by atoms with van der Waals surface area (Å²) < 4.78 is 9.65. The van der Waals surface area contributed by atoms with E-state index in [1.54, 1.807) is 0 Å². The maximum absolute atomic E-state index is 13.8. The monoisotopic (exact) mass is 904 g/mol. The minimum absolute atomic E-state index is 0.107. The van der Waals surface area contributed by atoms with Gasteiger partial charge in [-0.05, 0) is 137 Å². The molecular weight excluding hydrogens is 845 g/mol. The number of nitrogens with one attached hydrogen (secondary N) is 4. The molecule has 3 fully saturated rings. The summed E-state index contributed by atoms with van der Waals surface area (Å²) in [7, 11) is 2.61. The number of nitrogens with zero attached hydrogens (tertiary/aromatic N) is 4. The number of imidazole rings is 2. The Bertz CT molecular complexity index is 2900. The molecule has 2 aliphatic heterocycles. The average molecular weight is 905 g/mol. The predicted molar refractivity (Wildman–Crippen MR) is 256 cm³/mol. The highest BCUT2D eigenvalue weighted by Crippen LogP contribution is 2.57. The van der Waals surface area contributed by atoms with E-state index < -0.39 is 24.3 Å². The lowest BCUT2D eigenvalue weighted by Crippen LogP contribution is -2.51. The molecule has 0 radical (unpaired) electrons. The lowest BCUT2D eigenvalue weighted by Gasteiger charge is -2.29. The number of aromatic nitrogens is 4. The molecule has 7 aliphatic rings. The Kier molecular flexibility index (Phi) is 11.8. The zero-order chi connectivity index (χ0) is 46.7. The number of carbonyl (C=O) groups is 4. The van der Waals surface area contributed by atoms with Crippen LogP contribution >= 0.6 is 0 Å². The number of ether oxygens (including phenoxy) is 2. The van der Waals surface area contributed by atoms with Gasteiger partial charge >= 0.3 is 12.2 Å². The van der Waals surface area contributed by atoms with Crippen molar-refractivity contribution in [1.82, 2.24) is 40.4 Å². The van der Waals surface area contributed by atoms with Crippen LogP contribution in [0.4, 0.5) is 9.59 Å². The number of carbonyl (C=O) groups excluding carboxylic acids is 4. The molecule has 1 saturated carbocycles. The molecular formula is C53H60N8O6. The summed E-state index contributed by atoms with van der Waals surface area (Å²) in [6, 6.07) is 25.3. The van der Waals surface area contributed by atoms with Crippen LogP contribution in [0.3, 0.4) is 0 Å². The smallest absolute Gasteiger partial charge is 0.407 e. The van der Waals surface area contributed by atoms with Gasteiger partial charge in [-0.2, -0.15) is 0 Å². The van der Waals surface area contributed by atoms with E-state index in [0.29, 0.717) is 24.9 Å². The molecule has 4 bridgehead atoms. The molecule has 348 valence electrons. The van der Waals surface area contributed by atoms with E-state index in [1.165, 1.54) is 47.6 Å². The fraction of sp³-hybridized carbons (Fsp3) is 0.434. The van der Waals surface area contributed by atoms with E-state index in [9.17, 15) is 19.2 Å². The molecule has 6 atom stereocenters. The number of likely N-dealkylation sites (tertiary alicyclic amines) is 2. The van der Waals surface area contributed by atoms with Crippen molar-refractivity contribution in [3.63, 3.8) is 0 Å².